The number of hydrogen-bond donors (Lipinski definition) is 1. The van der Waals surface area contributed by atoms with Gasteiger partial charge >= 0.3 is 0 Å². The van der Waals surface area contributed by atoms with Crippen LogP contribution in [0.5, 0.6) is 0 Å². The number of hydrogen-bond acceptors (Lipinski definition) is 3. The molecule has 0 radical (unpaired) electrons. The fraction of sp³-hybridized carbons (Fsp3) is 0.235. The maximum Gasteiger partial charge on any atom is 0.0931 e. The highest BCUT2D eigenvalue weighted by atomic mass is 35.5. The number of nitrogens with one attached hydrogen (secondary N) is 1. The molecule has 0 bridgehead atoms. The van der Waals surface area contributed by atoms with Crippen LogP contribution in [0.4, 0.5) is 0 Å². The number of nitrogens with zero attached hydrogens (tertiary/aromatic N) is 1. The minimum atomic E-state index is 0.175. The molecule has 3 rings (SSSR count). The lowest BCUT2D eigenvalue weighted by Gasteiger charge is -2.19. The van der Waals surface area contributed by atoms with E-state index in [2.05, 4.69) is 47.6 Å². The van der Waals surface area contributed by atoms with E-state index < -0.39 is 0 Å². The molecule has 0 saturated carbocycles. The molecule has 0 aliphatic rings. The second-order valence-electron chi connectivity index (χ2n) is 4.97. The molecular formula is C17H17ClN2S. The minimum Gasteiger partial charge on any atom is -0.306 e. The van der Waals surface area contributed by atoms with E-state index in [-0.39, 0.29) is 6.04 Å². The van der Waals surface area contributed by atoms with Gasteiger partial charge in [0.2, 0.25) is 0 Å². The molecule has 1 aromatic carbocycles. The molecule has 21 heavy (non-hydrogen) atoms. The van der Waals surface area contributed by atoms with Crippen LogP contribution >= 0.6 is 22.9 Å². The Hall–Kier alpha value is -1.42. The second-order valence-corrected chi connectivity index (χ2v) is 6.72. The van der Waals surface area contributed by atoms with Crippen molar-refractivity contribution in [2.24, 2.45) is 0 Å². The molecule has 0 amide bonds. The first-order valence-corrected chi connectivity index (χ1v) is 8.30. The zero-order valence-electron chi connectivity index (χ0n) is 11.8. The van der Waals surface area contributed by atoms with Gasteiger partial charge in [0.1, 0.15) is 0 Å². The number of benzene rings is 1. The molecule has 108 valence electrons. The van der Waals surface area contributed by atoms with Crippen LogP contribution in [0.15, 0.2) is 48.8 Å². The highest BCUT2D eigenvalue weighted by Crippen LogP contribution is 2.34. The van der Waals surface area contributed by atoms with Gasteiger partial charge in [-0.15, -0.1) is 11.3 Å². The lowest BCUT2D eigenvalue weighted by Crippen LogP contribution is -2.22. The van der Waals surface area contributed by atoms with E-state index in [4.69, 9.17) is 11.6 Å². The van der Waals surface area contributed by atoms with Gasteiger partial charge in [-0.3, -0.25) is 4.98 Å². The van der Waals surface area contributed by atoms with Crippen LogP contribution in [0.1, 0.15) is 29.8 Å². The maximum atomic E-state index is 6.12. The predicted molar refractivity (Wildman–Crippen MR) is 91.2 cm³/mol. The Bertz CT molecular complexity index is 733. The zero-order chi connectivity index (χ0) is 14.7. The number of fused-ring (bicyclic) bond motifs is 1. The molecule has 0 spiro atoms. The largest absolute Gasteiger partial charge is 0.306 e. The van der Waals surface area contributed by atoms with E-state index in [1.807, 2.05) is 18.5 Å². The molecule has 4 heteroatoms. The first kappa shape index (κ1) is 14.5. The Balaban J connectivity index is 2.09. The van der Waals surface area contributed by atoms with Crippen molar-refractivity contribution in [1.82, 2.24) is 10.3 Å². The van der Waals surface area contributed by atoms with Crippen molar-refractivity contribution in [3.8, 4) is 0 Å². The Morgan fingerprint density at radius 1 is 1.24 bits per heavy atom. The van der Waals surface area contributed by atoms with Gasteiger partial charge < -0.3 is 5.32 Å². The van der Waals surface area contributed by atoms with E-state index in [0.29, 0.717) is 0 Å². The van der Waals surface area contributed by atoms with Crippen LogP contribution in [-0.4, -0.2) is 11.5 Å². The highest BCUT2D eigenvalue weighted by molar-refractivity contribution is 7.16. The first-order chi connectivity index (χ1) is 10.3. The molecule has 1 N–H and O–H groups in total. The van der Waals surface area contributed by atoms with Gasteiger partial charge in [-0.1, -0.05) is 36.7 Å². The molecule has 2 aromatic heterocycles. The minimum absolute atomic E-state index is 0.175. The number of halogens is 1. The molecule has 0 aliphatic heterocycles. The van der Waals surface area contributed by atoms with Gasteiger partial charge in [0.25, 0.3) is 0 Å². The summed E-state index contributed by atoms with van der Waals surface area (Å²) in [5.74, 6) is 0. The predicted octanol–water partition coefficient (Wildman–Crippen LogP) is 5.04. The fourth-order valence-corrected chi connectivity index (χ4v) is 3.69. The van der Waals surface area contributed by atoms with Crippen molar-refractivity contribution in [2.45, 2.75) is 19.4 Å². The summed E-state index contributed by atoms with van der Waals surface area (Å²) < 4.78 is 0.829. The Kier molecular flexibility index (Phi) is 4.54. The van der Waals surface area contributed by atoms with Crippen molar-refractivity contribution in [3.63, 3.8) is 0 Å². The Morgan fingerprint density at radius 2 is 2.14 bits per heavy atom. The SMILES string of the molecule is CCCNC(c1ccc(Cl)s1)c1cccc2cnccc12. The molecule has 1 unspecified atom stereocenters. The number of thiophene rings is 1. The van der Waals surface area contributed by atoms with E-state index in [9.17, 15) is 0 Å². The molecule has 2 nitrogen and oxygen atoms in total. The lowest BCUT2D eigenvalue weighted by molar-refractivity contribution is 0.609. The van der Waals surface area contributed by atoms with E-state index in [1.165, 1.54) is 21.2 Å². The van der Waals surface area contributed by atoms with Gasteiger partial charge in [0, 0.05) is 22.7 Å². The van der Waals surface area contributed by atoms with E-state index in [0.717, 1.165) is 17.3 Å². The van der Waals surface area contributed by atoms with Crippen LogP contribution in [-0.2, 0) is 0 Å². The van der Waals surface area contributed by atoms with Crippen molar-refractivity contribution in [3.05, 3.63) is 63.6 Å². The second kappa shape index (κ2) is 6.56. The molecule has 1 atom stereocenters. The lowest BCUT2D eigenvalue weighted by atomic mass is 9.99. The summed E-state index contributed by atoms with van der Waals surface area (Å²) in [7, 11) is 0. The van der Waals surface area contributed by atoms with Gasteiger partial charge in [-0.25, -0.2) is 0 Å². The summed E-state index contributed by atoms with van der Waals surface area (Å²) in [6.45, 7) is 3.15. The Morgan fingerprint density at radius 3 is 2.90 bits per heavy atom. The quantitative estimate of drug-likeness (QED) is 0.713. The van der Waals surface area contributed by atoms with Crippen molar-refractivity contribution < 1.29 is 0 Å². The summed E-state index contributed by atoms with van der Waals surface area (Å²) in [5, 5.41) is 6.05. The number of aromatic nitrogens is 1. The Labute approximate surface area is 133 Å². The topological polar surface area (TPSA) is 24.9 Å². The summed E-state index contributed by atoms with van der Waals surface area (Å²) in [4.78, 5) is 5.46. The first-order valence-electron chi connectivity index (χ1n) is 7.11. The summed E-state index contributed by atoms with van der Waals surface area (Å²) in [6.07, 6.45) is 4.86. The van der Waals surface area contributed by atoms with Crippen LogP contribution in [0.2, 0.25) is 4.34 Å². The van der Waals surface area contributed by atoms with Gasteiger partial charge in [-0.2, -0.15) is 0 Å². The highest BCUT2D eigenvalue weighted by Gasteiger charge is 2.17. The standard InChI is InChI=1S/C17H17ClN2S/c1-2-9-20-17(15-6-7-16(18)21-15)14-5-3-4-12-11-19-10-8-13(12)14/h3-8,10-11,17,20H,2,9H2,1H3. The van der Waals surface area contributed by atoms with Gasteiger partial charge in [-0.05, 0) is 42.1 Å². The van der Waals surface area contributed by atoms with E-state index >= 15 is 0 Å². The zero-order valence-corrected chi connectivity index (χ0v) is 13.4. The monoisotopic (exact) mass is 316 g/mol. The van der Waals surface area contributed by atoms with Crippen molar-refractivity contribution in [2.75, 3.05) is 6.54 Å². The fourth-order valence-electron chi connectivity index (χ4n) is 2.54. The van der Waals surface area contributed by atoms with Crippen LogP contribution < -0.4 is 5.32 Å². The van der Waals surface area contributed by atoms with Gasteiger partial charge in [0.05, 0.1) is 10.4 Å². The average Bonchev–Trinajstić information content (AvgIpc) is 2.94. The summed E-state index contributed by atoms with van der Waals surface area (Å²) in [6, 6.07) is 12.7. The van der Waals surface area contributed by atoms with Crippen molar-refractivity contribution >= 4 is 33.7 Å². The molecule has 2 heterocycles. The summed E-state index contributed by atoms with van der Waals surface area (Å²) >= 11 is 7.76. The summed E-state index contributed by atoms with van der Waals surface area (Å²) in [5.41, 5.74) is 1.28. The van der Waals surface area contributed by atoms with Crippen LogP contribution in [0.3, 0.4) is 0 Å². The van der Waals surface area contributed by atoms with Crippen molar-refractivity contribution in [1.29, 1.82) is 0 Å². The number of rotatable bonds is 5. The van der Waals surface area contributed by atoms with Gasteiger partial charge in [0.15, 0.2) is 0 Å². The molecule has 0 fully saturated rings. The average molecular weight is 317 g/mol. The normalized spacial score (nSPS) is 12.7. The van der Waals surface area contributed by atoms with Crippen LogP contribution in [0.25, 0.3) is 10.8 Å². The third kappa shape index (κ3) is 3.10. The molecule has 3 aromatic rings. The smallest absolute Gasteiger partial charge is 0.0931 e. The molecular weight excluding hydrogens is 300 g/mol. The molecule has 0 aliphatic carbocycles. The third-order valence-electron chi connectivity index (χ3n) is 3.50. The van der Waals surface area contributed by atoms with E-state index in [1.54, 1.807) is 11.3 Å². The third-order valence-corrected chi connectivity index (χ3v) is 4.80. The maximum absolute atomic E-state index is 6.12. The number of pyridine rings is 1. The molecule has 0 saturated heterocycles. The van der Waals surface area contributed by atoms with Crippen LogP contribution in [0, 0.1) is 0 Å².